The van der Waals surface area contributed by atoms with Gasteiger partial charge in [0.1, 0.15) is 0 Å². The lowest BCUT2D eigenvalue weighted by Gasteiger charge is -2.05. The van der Waals surface area contributed by atoms with E-state index >= 15 is 0 Å². The Bertz CT molecular complexity index is 879. The third kappa shape index (κ3) is 5.87. The highest BCUT2D eigenvalue weighted by Crippen LogP contribution is 2.54. The Balaban J connectivity index is 1.54. The maximum absolute atomic E-state index is 12.2. The van der Waals surface area contributed by atoms with Gasteiger partial charge in [0, 0.05) is 24.0 Å². The lowest BCUT2D eigenvalue weighted by Crippen LogP contribution is -2.06. The maximum Gasteiger partial charge on any atom is 0.305 e. The summed E-state index contributed by atoms with van der Waals surface area (Å²) in [5.74, 6) is -0.141. The van der Waals surface area contributed by atoms with Gasteiger partial charge in [-0.2, -0.15) is 0 Å². The molecule has 1 saturated carbocycles. The Kier molecular flexibility index (Phi) is 7.34. The number of rotatable bonds is 10. The molecule has 6 nitrogen and oxygen atoms in total. The number of carbonyl (C=O) groups is 4. The predicted molar refractivity (Wildman–Crippen MR) is 114 cm³/mol. The van der Waals surface area contributed by atoms with Crippen LogP contribution in [-0.2, 0) is 19.1 Å². The van der Waals surface area contributed by atoms with E-state index in [2.05, 4.69) is 9.47 Å². The van der Waals surface area contributed by atoms with E-state index in [9.17, 15) is 19.2 Å². The Morgan fingerprint density at radius 1 is 0.645 bits per heavy atom. The molecule has 31 heavy (non-hydrogen) atoms. The molecule has 0 saturated heterocycles. The first kappa shape index (κ1) is 22.4. The lowest BCUT2D eigenvalue weighted by atomic mass is 9.99. The van der Waals surface area contributed by atoms with E-state index in [4.69, 9.17) is 0 Å². The monoisotopic (exact) mass is 422 g/mol. The molecule has 0 spiro atoms. The third-order valence-electron chi connectivity index (χ3n) is 5.68. The second kappa shape index (κ2) is 10.2. The van der Waals surface area contributed by atoms with Crippen LogP contribution in [-0.4, -0.2) is 37.7 Å². The summed E-state index contributed by atoms with van der Waals surface area (Å²) in [5.41, 5.74) is 3.54. The zero-order valence-electron chi connectivity index (χ0n) is 17.8. The second-order valence-corrected chi connectivity index (χ2v) is 7.69. The van der Waals surface area contributed by atoms with Gasteiger partial charge in [-0.1, -0.05) is 48.5 Å². The van der Waals surface area contributed by atoms with Crippen LogP contribution in [0.2, 0.25) is 0 Å². The van der Waals surface area contributed by atoms with Crippen molar-refractivity contribution in [2.75, 3.05) is 14.2 Å². The number of methoxy groups -OCH3 is 2. The zero-order valence-corrected chi connectivity index (χ0v) is 17.8. The normalized spacial score (nSPS) is 17.0. The SMILES string of the molecule is COC(=O)CCC(=O)c1ccc([C@@H]2C[C@H]2c2ccc(C(=O)CCC(=O)OC)cc2)cc1. The Morgan fingerprint density at radius 3 is 1.32 bits per heavy atom. The summed E-state index contributed by atoms with van der Waals surface area (Å²) in [5, 5.41) is 0. The molecule has 0 aromatic heterocycles. The van der Waals surface area contributed by atoms with Crippen molar-refractivity contribution < 1.29 is 28.7 Å². The minimum atomic E-state index is -0.387. The minimum Gasteiger partial charge on any atom is -0.469 e. The van der Waals surface area contributed by atoms with E-state index in [0.29, 0.717) is 23.0 Å². The maximum atomic E-state index is 12.2. The summed E-state index contributed by atoms with van der Waals surface area (Å²) in [6, 6.07) is 15.1. The molecule has 6 heteroatoms. The number of ether oxygens (including phenoxy) is 2. The fraction of sp³-hybridized carbons (Fsp3) is 0.360. The van der Waals surface area contributed by atoms with Gasteiger partial charge < -0.3 is 9.47 Å². The summed E-state index contributed by atoms with van der Waals surface area (Å²) < 4.78 is 9.13. The van der Waals surface area contributed by atoms with Gasteiger partial charge in [0.2, 0.25) is 0 Å². The summed E-state index contributed by atoms with van der Waals surface area (Å²) in [4.78, 5) is 46.7. The molecule has 2 aromatic rings. The molecule has 2 atom stereocenters. The van der Waals surface area contributed by atoms with Crippen molar-refractivity contribution >= 4 is 23.5 Å². The van der Waals surface area contributed by atoms with Gasteiger partial charge in [0.15, 0.2) is 11.6 Å². The highest BCUT2D eigenvalue weighted by atomic mass is 16.5. The van der Waals surface area contributed by atoms with Gasteiger partial charge in [0.05, 0.1) is 27.1 Å². The van der Waals surface area contributed by atoms with Gasteiger partial charge in [0.25, 0.3) is 0 Å². The average Bonchev–Trinajstić information content (AvgIpc) is 3.61. The van der Waals surface area contributed by atoms with Gasteiger partial charge in [-0.15, -0.1) is 0 Å². The number of Topliss-reactive ketones (excluding diaryl/α,β-unsaturated/α-hetero) is 2. The van der Waals surface area contributed by atoms with Crippen LogP contribution >= 0.6 is 0 Å². The Labute approximate surface area is 181 Å². The van der Waals surface area contributed by atoms with Crippen LogP contribution in [0.5, 0.6) is 0 Å². The Morgan fingerprint density at radius 2 is 1.00 bits per heavy atom. The quantitative estimate of drug-likeness (QED) is 0.421. The van der Waals surface area contributed by atoms with Gasteiger partial charge in [-0.3, -0.25) is 19.2 Å². The molecule has 162 valence electrons. The van der Waals surface area contributed by atoms with Crippen molar-refractivity contribution in [3.63, 3.8) is 0 Å². The van der Waals surface area contributed by atoms with Gasteiger partial charge in [-0.05, 0) is 29.4 Å². The highest BCUT2D eigenvalue weighted by Gasteiger charge is 2.39. The van der Waals surface area contributed by atoms with E-state index in [0.717, 1.165) is 6.42 Å². The number of esters is 2. The smallest absolute Gasteiger partial charge is 0.305 e. The average molecular weight is 422 g/mol. The van der Waals surface area contributed by atoms with E-state index in [1.54, 1.807) is 0 Å². The largest absolute Gasteiger partial charge is 0.469 e. The summed E-state index contributed by atoms with van der Waals surface area (Å²) in [6.45, 7) is 0. The van der Waals surface area contributed by atoms with E-state index in [1.165, 1.54) is 25.3 Å². The molecule has 1 aliphatic rings. The van der Waals surface area contributed by atoms with Crippen molar-refractivity contribution in [1.82, 2.24) is 0 Å². The van der Waals surface area contributed by atoms with Crippen LogP contribution in [0.4, 0.5) is 0 Å². The molecule has 1 fully saturated rings. The van der Waals surface area contributed by atoms with Crippen LogP contribution in [0.25, 0.3) is 0 Å². The van der Waals surface area contributed by atoms with Crippen LogP contribution in [0.3, 0.4) is 0 Å². The van der Waals surface area contributed by atoms with Crippen molar-refractivity contribution in [3.8, 4) is 0 Å². The van der Waals surface area contributed by atoms with Gasteiger partial charge >= 0.3 is 11.9 Å². The summed E-state index contributed by atoms with van der Waals surface area (Å²) >= 11 is 0. The van der Waals surface area contributed by atoms with Crippen LogP contribution in [0.1, 0.15) is 75.8 Å². The van der Waals surface area contributed by atoms with Crippen LogP contribution in [0, 0.1) is 0 Å². The van der Waals surface area contributed by atoms with Crippen molar-refractivity contribution in [1.29, 1.82) is 0 Å². The van der Waals surface area contributed by atoms with Gasteiger partial charge in [-0.25, -0.2) is 0 Å². The summed E-state index contributed by atoms with van der Waals surface area (Å²) in [6.07, 6.45) is 1.47. The third-order valence-corrected chi connectivity index (χ3v) is 5.68. The standard InChI is InChI=1S/C25H26O6/c1-30-24(28)13-11-22(26)18-7-3-16(4-8-18)20-15-21(20)17-5-9-19(10-6-17)23(27)12-14-25(29)31-2/h3-10,20-21H,11-15H2,1-2H3/t20-,21-/m0/s1. The number of benzene rings is 2. The molecule has 2 aromatic carbocycles. The first-order valence-corrected chi connectivity index (χ1v) is 10.3. The number of carbonyl (C=O) groups excluding carboxylic acids is 4. The number of ketones is 2. The fourth-order valence-corrected chi connectivity index (χ4v) is 3.69. The lowest BCUT2D eigenvalue weighted by molar-refractivity contribution is -0.141. The first-order chi connectivity index (χ1) is 14.9. The summed E-state index contributed by atoms with van der Waals surface area (Å²) in [7, 11) is 2.62. The molecule has 1 aliphatic carbocycles. The molecule has 0 heterocycles. The van der Waals surface area contributed by atoms with Crippen molar-refractivity contribution in [3.05, 3.63) is 70.8 Å². The predicted octanol–water partition coefficient (Wildman–Crippen LogP) is 4.23. The minimum absolute atomic E-state index is 0.0725. The highest BCUT2D eigenvalue weighted by molar-refractivity contribution is 5.98. The molecular weight excluding hydrogens is 396 g/mol. The van der Waals surface area contributed by atoms with Crippen LogP contribution < -0.4 is 0 Å². The van der Waals surface area contributed by atoms with Crippen molar-refractivity contribution in [2.45, 2.75) is 43.9 Å². The second-order valence-electron chi connectivity index (χ2n) is 7.69. The van der Waals surface area contributed by atoms with Crippen molar-refractivity contribution in [2.24, 2.45) is 0 Å². The molecular formula is C25H26O6. The van der Waals surface area contributed by atoms with Crippen LogP contribution in [0.15, 0.2) is 48.5 Å². The topological polar surface area (TPSA) is 86.7 Å². The Hall–Kier alpha value is -3.28. The molecule has 0 aliphatic heterocycles. The molecule has 0 radical (unpaired) electrons. The molecule has 0 bridgehead atoms. The molecule has 0 unspecified atom stereocenters. The zero-order chi connectivity index (χ0) is 22.4. The first-order valence-electron chi connectivity index (χ1n) is 10.3. The van der Waals surface area contributed by atoms with E-state index < -0.39 is 0 Å². The fourth-order valence-electron chi connectivity index (χ4n) is 3.69. The molecule has 0 N–H and O–H groups in total. The van der Waals surface area contributed by atoms with E-state index in [1.807, 2.05) is 48.5 Å². The number of hydrogen-bond donors (Lipinski definition) is 0. The number of hydrogen-bond acceptors (Lipinski definition) is 6. The molecule has 3 rings (SSSR count). The molecule has 0 amide bonds. The van der Waals surface area contributed by atoms with E-state index in [-0.39, 0.29) is 49.2 Å².